The average Bonchev–Trinajstić information content (AvgIpc) is 3.44. The van der Waals surface area contributed by atoms with Gasteiger partial charge in [0.05, 0.1) is 10.5 Å². The van der Waals surface area contributed by atoms with Crippen LogP contribution in [0.4, 0.5) is 24.5 Å². The standard InChI is InChI=1S/C44H51ClF3N5O3S2/c1-51(2)24-23-36(31-57-38-10-6-4-7-11-38)49-42-22-21-39(29-41(42)44(46,47)48)58(55,56)50-43(54)33-15-19-37(20-16-33)53-27-25-52(26-28-53)30-34-9-5-3-8-12-40(34)32-13-17-35(45)18-14-32/h4,6-7,10-11,13-22,29,36,49H,3,5,8-9,12,23-28,30-31H2,1-2H3,(H,50,54)/t36-/m1/s1. The lowest BCUT2D eigenvalue weighted by Gasteiger charge is -2.37. The highest BCUT2D eigenvalue weighted by Gasteiger charge is 2.36. The molecule has 0 unspecified atom stereocenters. The van der Waals surface area contributed by atoms with Gasteiger partial charge in [0.25, 0.3) is 15.9 Å². The Morgan fingerprint density at radius 3 is 2.24 bits per heavy atom. The highest BCUT2D eigenvalue weighted by molar-refractivity contribution is 7.99. The maximum atomic E-state index is 14.4. The van der Waals surface area contributed by atoms with E-state index in [4.69, 9.17) is 11.6 Å². The summed E-state index contributed by atoms with van der Waals surface area (Å²) in [5, 5.41) is 3.76. The fourth-order valence-electron chi connectivity index (χ4n) is 7.41. The molecule has 310 valence electrons. The zero-order valence-electron chi connectivity index (χ0n) is 32.9. The highest BCUT2D eigenvalue weighted by Crippen LogP contribution is 2.38. The molecule has 1 heterocycles. The van der Waals surface area contributed by atoms with Crippen LogP contribution in [0.25, 0.3) is 5.57 Å². The van der Waals surface area contributed by atoms with E-state index >= 15 is 0 Å². The van der Waals surface area contributed by atoms with Gasteiger partial charge in [-0.2, -0.15) is 13.2 Å². The van der Waals surface area contributed by atoms with Gasteiger partial charge in [-0.3, -0.25) is 9.69 Å². The molecule has 0 aromatic heterocycles. The number of amides is 1. The number of hydrogen-bond donors (Lipinski definition) is 2. The second-order valence-electron chi connectivity index (χ2n) is 15.2. The van der Waals surface area contributed by atoms with Gasteiger partial charge in [-0.05, 0) is 131 Å². The number of sulfonamides is 1. The van der Waals surface area contributed by atoms with Gasteiger partial charge in [-0.1, -0.05) is 53.9 Å². The molecule has 2 N–H and O–H groups in total. The van der Waals surface area contributed by atoms with Gasteiger partial charge in [-0.15, -0.1) is 11.8 Å². The van der Waals surface area contributed by atoms with Crippen molar-refractivity contribution >= 4 is 56.2 Å². The van der Waals surface area contributed by atoms with E-state index < -0.39 is 32.6 Å². The van der Waals surface area contributed by atoms with Gasteiger partial charge in [0.15, 0.2) is 0 Å². The third-order valence-electron chi connectivity index (χ3n) is 10.6. The van der Waals surface area contributed by atoms with E-state index in [0.29, 0.717) is 24.8 Å². The molecule has 1 fully saturated rings. The lowest BCUT2D eigenvalue weighted by molar-refractivity contribution is -0.137. The van der Waals surface area contributed by atoms with E-state index in [1.807, 2.05) is 66.2 Å². The fraction of sp³-hybridized carbons (Fsp3) is 0.386. The maximum Gasteiger partial charge on any atom is 0.418 e. The summed E-state index contributed by atoms with van der Waals surface area (Å²) in [4.78, 5) is 20.2. The van der Waals surface area contributed by atoms with E-state index in [2.05, 4.69) is 27.2 Å². The molecule has 0 spiro atoms. The number of anilines is 2. The second-order valence-corrected chi connectivity index (χ2v) is 18.4. The quantitative estimate of drug-likeness (QED) is 0.115. The second kappa shape index (κ2) is 19.8. The predicted molar refractivity (Wildman–Crippen MR) is 230 cm³/mol. The molecule has 58 heavy (non-hydrogen) atoms. The number of alkyl halides is 3. The number of carbonyl (C=O) groups excluding carboxylic acids is 1. The number of allylic oxidation sites excluding steroid dienone is 1. The Morgan fingerprint density at radius 2 is 1.57 bits per heavy atom. The normalized spacial score (nSPS) is 16.3. The van der Waals surface area contributed by atoms with Crippen molar-refractivity contribution in [3.05, 3.63) is 124 Å². The van der Waals surface area contributed by atoms with Crippen molar-refractivity contribution < 1.29 is 26.4 Å². The minimum Gasteiger partial charge on any atom is -0.381 e. The molecule has 1 saturated heterocycles. The first-order chi connectivity index (χ1) is 27.7. The number of rotatable bonds is 15. The Balaban J connectivity index is 1.08. The molecule has 8 nitrogen and oxygen atoms in total. The third kappa shape index (κ3) is 12.0. The van der Waals surface area contributed by atoms with Gasteiger partial charge in [0.1, 0.15) is 0 Å². The van der Waals surface area contributed by atoms with Crippen LogP contribution in [0, 0.1) is 0 Å². The lowest BCUT2D eigenvalue weighted by atomic mass is 9.95. The Morgan fingerprint density at radius 1 is 0.879 bits per heavy atom. The van der Waals surface area contributed by atoms with E-state index in [-0.39, 0.29) is 17.3 Å². The van der Waals surface area contributed by atoms with Crippen LogP contribution in [-0.2, 0) is 16.2 Å². The van der Waals surface area contributed by atoms with Crippen molar-refractivity contribution in [3.63, 3.8) is 0 Å². The highest BCUT2D eigenvalue weighted by atomic mass is 35.5. The largest absolute Gasteiger partial charge is 0.418 e. The summed E-state index contributed by atoms with van der Waals surface area (Å²) in [6.45, 7) is 4.88. The van der Waals surface area contributed by atoms with Crippen molar-refractivity contribution in [3.8, 4) is 0 Å². The molecule has 0 radical (unpaired) electrons. The topological polar surface area (TPSA) is 85.0 Å². The Bertz CT molecular complexity index is 2130. The smallest absolute Gasteiger partial charge is 0.381 e. The van der Waals surface area contributed by atoms with Gasteiger partial charge in [-0.25, -0.2) is 13.1 Å². The van der Waals surface area contributed by atoms with Crippen LogP contribution in [0.1, 0.15) is 60.0 Å². The number of hydrogen-bond acceptors (Lipinski definition) is 8. The molecule has 1 atom stereocenters. The van der Waals surface area contributed by atoms with E-state index in [9.17, 15) is 26.4 Å². The molecule has 2 aliphatic rings. The molecule has 1 amide bonds. The molecule has 4 aromatic rings. The molecule has 4 aromatic carbocycles. The molecule has 0 saturated carbocycles. The lowest BCUT2D eigenvalue weighted by Crippen LogP contribution is -2.47. The first-order valence-electron chi connectivity index (χ1n) is 19.7. The van der Waals surface area contributed by atoms with Crippen LogP contribution < -0.4 is 14.9 Å². The van der Waals surface area contributed by atoms with Gasteiger partial charge < -0.3 is 15.1 Å². The summed E-state index contributed by atoms with van der Waals surface area (Å²) in [5.74, 6) is -0.437. The van der Waals surface area contributed by atoms with Crippen LogP contribution in [0.5, 0.6) is 0 Å². The molecule has 1 aliphatic heterocycles. The number of benzene rings is 4. The Hall–Kier alpha value is -4.01. The summed E-state index contributed by atoms with van der Waals surface area (Å²) in [5.41, 5.74) is 3.82. The van der Waals surface area contributed by atoms with Crippen LogP contribution in [0.3, 0.4) is 0 Å². The van der Waals surface area contributed by atoms with Crippen molar-refractivity contribution in [1.29, 1.82) is 0 Å². The maximum absolute atomic E-state index is 14.4. The molecule has 14 heteroatoms. The summed E-state index contributed by atoms with van der Waals surface area (Å²) in [6.07, 6.45) is 1.47. The molecule has 1 aliphatic carbocycles. The van der Waals surface area contributed by atoms with Crippen LogP contribution in [-0.4, -0.2) is 89.3 Å². The van der Waals surface area contributed by atoms with E-state index in [1.165, 1.54) is 59.9 Å². The number of nitrogens with one attached hydrogen (secondary N) is 2. The molecular weight excluding hydrogens is 803 g/mol. The Kier molecular flexibility index (Phi) is 14.9. The first kappa shape index (κ1) is 43.6. The van der Waals surface area contributed by atoms with Gasteiger partial charge in [0.2, 0.25) is 0 Å². The summed E-state index contributed by atoms with van der Waals surface area (Å²) >= 11 is 7.69. The molecule has 0 bridgehead atoms. The van der Waals surface area contributed by atoms with E-state index in [1.54, 1.807) is 12.1 Å². The van der Waals surface area contributed by atoms with Gasteiger partial charge in [0, 0.05) is 71.4 Å². The fourth-order valence-corrected chi connectivity index (χ4v) is 9.53. The molecule has 6 rings (SSSR count). The first-order valence-corrected chi connectivity index (χ1v) is 22.5. The summed E-state index contributed by atoms with van der Waals surface area (Å²) in [6, 6.07) is 26.8. The minimum absolute atomic E-state index is 0.0787. The number of nitrogens with zero attached hydrogens (tertiary/aromatic N) is 3. The SMILES string of the molecule is CN(C)CC[C@H](CSc1ccccc1)Nc1ccc(S(=O)(=O)NC(=O)c2ccc(N3CCN(CC4=C(c5ccc(Cl)cc5)CCCCC4)CC3)cc2)cc1C(F)(F)F. The van der Waals surface area contributed by atoms with Crippen molar-refractivity contribution in [1.82, 2.24) is 14.5 Å². The van der Waals surface area contributed by atoms with Crippen LogP contribution in [0.2, 0.25) is 5.02 Å². The number of thioether (sulfide) groups is 1. The average molecular weight is 855 g/mol. The summed E-state index contributed by atoms with van der Waals surface area (Å²) < 4.78 is 71.9. The predicted octanol–water partition coefficient (Wildman–Crippen LogP) is 9.54. The Labute approximate surface area is 349 Å². The van der Waals surface area contributed by atoms with Crippen molar-refractivity contribution in [2.75, 3.05) is 69.3 Å². The zero-order valence-corrected chi connectivity index (χ0v) is 35.3. The van der Waals surface area contributed by atoms with Gasteiger partial charge >= 0.3 is 6.18 Å². The zero-order chi connectivity index (χ0) is 41.3. The van der Waals surface area contributed by atoms with Crippen LogP contribution in [0.15, 0.2) is 112 Å². The number of carbonyl (C=O) groups is 1. The van der Waals surface area contributed by atoms with Crippen molar-refractivity contribution in [2.45, 2.75) is 60.5 Å². The monoisotopic (exact) mass is 853 g/mol. The minimum atomic E-state index is -4.86. The summed E-state index contributed by atoms with van der Waals surface area (Å²) in [7, 11) is -0.858. The number of piperazine rings is 1. The van der Waals surface area contributed by atoms with E-state index in [0.717, 1.165) is 73.3 Å². The van der Waals surface area contributed by atoms with Crippen molar-refractivity contribution in [2.24, 2.45) is 0 Å². The molecular formula is C44H51ClF3N5O3S2. The van der Waals surface area contributed by atoms with Crippen LogP contribution >= 0.6 is 23.4 Å². The third-order valence-corrected chi connectivity index (χ3v) is 13.4. The number of halogens is 4.